The lowest BCUT2D eigenvalue weighted by Gasteiger charge is -2.23. The van der Waals surface area contributed by atoms with E-state index in [1.54, 1.807) is 0 Å². The van der Waals surface area contributed by atoms with Gasteiger partial charge in [0.05, 0.1) is 5.25 Å². The van der Waals surface area contributed by atoms with Crippen molar-refractivity contribution in [2.24, 2.45) is 5.41 Å². The molecular weight excluding hydrogens is 384 g/mol. The van der Waals surface area contributed by atoms with Crippen LogP contribution >= 0.6 is 0 Å². The molecule has 1 saturated carbocycles. The number of hydrogen-bond donors (Lipinski definition) is 1. The molecule has 1 saturated heterocycles. The summed E-state index contributed by atoms with van der Waals surface area (Å²) in [7, 11) is -3.23. The fraction of sp³-hybridized carbons (Fsp3) is 0.652. The minimum absolute atomic E-state index is 0.134. The monoisotopic (exact) mass is 418 g/mol. The van der Waals surface area contributed by atoms with E-state index in [1.165, 1.54) is 11.1 Å². The predicted molar refractivity (Wildman–Crippen MR) is 118 cm³/mol. The zero-order valence-electron chi connectivity index (χ0n) is 18.1. The van der Waals surface area contributed by atoms with E-state index in [1.807, 2.05) is 6.92 Å². The largest absolute Gasteiger partial charge is 0.381 e. The first-order chi connectivity index (χ1) is 13.6. The van der Waals surface area contributed by atoms with Crippen molar-refractivity contribution in [3.05, 3.63) is 35.5 Å². The fourth-order valence-electron chi connectivity index (χ4n) is 4.39. The third kappa shape index (κ3) is 4.70. The number of hydrogen-bond acceptors (Lipinski definition) is 3. The van der Waals surface area contributed by atoms with Gasteiger partial charge in [-0.1, -0.05) is 32.9 Å². The quantitative estimate of drug-likeness (QED) is 0.738. The zero-order chi connectivity index (χ0) is 20.8. The van der Waals surface area contributed by atoms with Crippen molar-refractivity contribution in [1.82, 2.24) is 9.29 Å². The molecule has 0 unspecified atom stereocenters. The van der Waals surface area contributed by atoms with Gasteiger partial charge in [-0.25, -0.2) is 13.1 Å². The minimum atomic E-state index is -3.23. The molecule has 2 heterocycles. The van der Waals surface area contributed by atoms with E-state index in [9.17, 15) is 8.42 Å². The van der Waals surface area contributed by atoms with E-state index in [2.05, 4.69) is 54.5 Å². The highest BCUT2D eigenvalue weighted by atomic mass is 32.2. The Labute approximate surface area is 174 Å². The summed E-state index contributed by atoms with van der Waals surface area (Å²) in [6, 6.07) is 6.50. The zero-order valence-corrected chi connectivity index (χ0v) is 18.9. The molecule has 2 fully saturated rings. The summed E-state index contributed by atoms with van der Waals surface area (Å²) in [6.07, 6.45) is 5.85. The standard InChI is InChI=1S/C23H34N2O3S/c1-16(24-29(26,27)19-6-7-19)21-14-25(15-23(2,3)4)22-13-18(5-8-20(21)22)17-9-11-28-12-10-17/h5,8,13-14,16-17,19,24H,6-7,9-12,15H2,1-4H3/t16-/m0/s1. The third-order valence-electron chi connectivity index (χ3n) is 6.05. The van der Waals surface area contributed by atoms with Crippen LogP contribution in [0.4, 0.5) is 0 Å². The molecule has 0 spiro atoms. The van der Waals surface area contributed by atoms with Crippen LogP contribution in [0, 0.1) is 5.41 Å². The summed E-state index contributed by atoms with van der Waals surface area (Å²) in [6.45, 7) is 11.2. The summed E-state index contributed by atoms with van der Waals surface area (Å²) in [5.41, 5.74) is 3.77. The highest BCUT2D eigenvalue weighted by Gasteiger charge is 2.37. The topological polar surface area (TPSA) is 60.3 Å². The first-order valence-corrected chi connectivity index (χ1v) is 12.4. The second-order valence-electron chi connectivity index (χ2n) is 10.0. The molecule has 1 aromatic carbocycles. The number of aromatic nitrogens is 1. The van der Waals surface area contributed by atoms with Crippen molar-refractivity contribution >= 4 is 20.9 Å². The first-order valence-electron chi connectivity index (χ1n) is 10.9. The van der Waals surface area contributed by atoms with Gasteiger partial charge in [-0.05, 0) is 61.1 Å². The number of rotatable bonds is 6. The van der Waals surface area contributed by atoms with Crippen LogP contribution in [0.2, 0.25) is 0 Å². The SMILES string of the molecule is C[C@H](NS(=O)(=O)C1CC1)c1cn(CC(C)(C)C)c2cc(C3CCOCC3)ccc12. The molecule has 4 rings (SSSR count). The highest BCUT2D eigenvalue weighted by Crippen LogP contribution is 2.35. The molecule has 1 aromatic heterocycles. The molecule has 6 heteroatoms. The van der Waals surface area contributed by atoms with Gasteiger partial charge in [-0.3, -0.25) is 0 Å². The molecule has 1 atom stereocenters. The van der Waals surface area contributed by atoms with Crippen LogP contribution in [0.5, 0.6) is 0 Å². The number of fused-ring (bicyclic) bond motifs is 1. The van der Waals surface area contributed by atoms with Gasteiger partial charge < -0.3 is 9.30 Å². The third-order valence-corrected chi connectivity index (χ3v) is 8.08. The molecule has 0 bridgehead atoms. The molecule has 0 radical (unpaired) electrons. The van der Waals surface area contributed by atoms with Crippen LogP contribution in [0.3, 0.4) is 0 Å². The Balaban J connectivity index is 1.72. The number of nitrogens with one attached hydrogen (secondary N) is 1. The van der Waals surface area contributed by atoms with Crippen molar-refractivity contribution in [2.75, 3.05) is 13.2 Å². The summed E-state index contributed by atoms with van der Waals surface area (Å²) in [5, 5.41) is 0.948. The van der Waals surface area contributed by atoms with Gasteiger partial charge in [0.15, 0.2) is 0 Å². The lowest BCUT2D eigenvalue weighted by atomic mass is 9.90. The van der Waals surface area contributed by atoms with Gasteiger partial charge >= 0.3 is 0 Å². The van der Waals surface area contributed by atoms with E-state index < -0.39 is 10.0 Å². The second-order valence-corrected chi connectivity index (χ2v) is 12.0. The Kier molecular flexibility index (Phi) is 5.55. The number of benzene rings is 1. The molecule has 2 aromatic rings. The first kappa shape index (κ1) is 20.9. The molecule has 29 heavy (non-hydrogen) atoms. The van der Waals surface area contributed by atoms with Gasteiger partial charge in [0.2, 0.25) is 10.0 Å². The van der Waals surface area contributed by atoms with E-state index in [-0.39, 0.29) is 16.7 Å². The maximum atomic E-state index is 12.5. The maximum Gasteiger partial charge on any atom is 0.215 e. The number of sulfonamides is 1. The Bertz CT molecular complexity index is 977. The molecule has 0 amide bonds. The van der Waals surface area contributed by atoms with Gasteiger partial charge in [0.25, 0.3) is 0 Å². The summed E-state index contributed by atoms with van der Waals surface area (Å²) in [5.74, 6) is 0.542. The van der Waals surface area contributed by atoms with Crippen LogP contribution in [0.15, 0.2) is 24.4 Å². The average molecular weight is 419 g/mol. The van der Waals surface area contributed by atoms with E-state index in [4.69, 9.17) is 4.74 Å². The Morgan fingerprint density at radius 3 is 2.48 bits per heavy atom. The van der Waals surface area contributed by atoms with Crippen LogP contribution in [0.25, 0.3) is 10.9 Å². The Morgan fingerprint density at radius 1 is 1.17 bits per heavy atom. The van der Waals surface area contributed by atoms with Crippen molar-refractivity contribution < 1.29 is 13.2 Å². The minimum Gasteiger partial charge on any atom is -0.381 e. The van der Waals surface area contributed by atoms with Gasteiger partial charge in [-0.2, -0.15) is 0 Å². The van der Waals surface area contributed by atoms with E-state index in [0.717, 1.165) is 56.4 Å². The van der Waals surface area contributed by atoms with Crippen LogP contribution in [0.1, 0.15) is 76.5 Å². The normalized spacial score (nSPS) is 20.3. The van der Waals surface area contributed by atoms with Gasteiger partial charge in [0.1, 0.15) is 0 Å². The van der Waals surface area contributed by atoms with Crippen molar-refractivity contribution in [1.29, 1.82) is 0 Å². The molecular formula is C23H34N2O3S. The maximum absolute atomic E-state index is 12.5. The fourth-order valence-corrected chi connectivity index (χ4v) is 5.96. The van der Waals surface area contributed by atoms with Crippen molar-refractivity contribution in [3.8, 4) is 0 Å². The predicted octanol–water partition coefficient (Wildman–Crippen LogP) is 4.72. The van der Waals surface area contributed by atoms with Crippen LogP contribution in [-0.2, 0) is 21.3 Å². The number of ether oxygens (including phenoxy) is 1. The number of nitrogens with zero attached hydrogens (tertiary/aromatic N) is 1. The molecule has 2 aliphatic rings. The molecule has 160 valence electrons. The smallest absolute Gasteiger partial charge is 0.215 e. The van der Waals surface area contributed by atoms with Gasteiger partial charge in [-0.15, -0.1) is 0 Å². The second kappa shape index (κ2) is 7.71. The highest BCUT2D eigenvalue weighted by molar-refractivity contribution is 7.90. The lowest BCUT2D eigenvalue weighted by Crippen LogP contribution is -2.29. The molecule has 1 N–H and O–H groups in total. The average Bonchev–Trinajstić information content (AvgIpc) is 3.45. The van der Waals surface area contributed by atoms with Crippen molar-refractivity contribution in [2.45, 2.75) is 77.1 Å². The molecule has 1 aliphatic carbocycles. The summed E-state index contributed by atoms with van der Waals surface area (Å²) >= 11 is 0. The van der Waals surface area contributed by atoms with E-state index in [0.29, 0.717) is 5.92 Å². The molecule has 5 nitrogen and oxygen atoms in total. The van der Waals surface area contributed by atoms with Gasteiger partial charge in [0, 0.05) is 42.9 Å². The summed E-state index contributed by atoms with van der Waals surface area (Å²) in [4.78, 5) is 0. The van der Waals surface area contributed by atoms with Crippen molar-refractivity contribution in [3.63, 3.8) is 0 Å². The lowest BCUT2D eigenvalue weighted by molar-refractivity contribution is 0.0853. The van der Waals surface area contributed by atoms with Crippen LogP contribution in [-0.4, -0.2) is 31.4 Å². The summed E-state index contributed by atoms with van der Waals surface area (Å²) < 4.78 is 35.7. The Morgan fingerprint density at radius 2 is 1.86 bits per heavy atom. The van der Waals surface area contributed by atoms with E-state index >= 15 is 0 Å². The Hall–Kier alpha value is -1.37. The van der Waals surface area contributed by atoms with Crippen LogP contribution < -0.4 is 4.72 Å². The molecule has 1 aliphatic heterocycles.